The van der Waals surface area contributed by atoms with Crippen LogP contribution in [0, 0.1) is 5.92 Å². The Morgan fingerprint density at radius 1 is 1.09 bits per heavy atom. The van der Waals surface area contributed by atoms with E-state index in [1.807, 2.05) is 13.0 Å². The van der Waals surface area contributed by atoms with E-state index >= 15 is 0 Å². The second-order valence-electron chi connectivity index (χ2n) is 8.02. The topological polar surface area (TPSA) is 72.0 Å². The molecule has 0 radical (unpaired) electrons. The summed E-state index contributed by atoms with van der Waals surface area (Å²) in [6.07, 6.45) is -2.89. The number of methoxy groups -OCH3 is 1. The third-order valence-corrected chi connectivity index (χ3v) is 6.11. The number of carbonyl (C=O) groups is 2. The van der Waals surface area contributed by atoms with Crippen molar-refractivity contribution >= 4 is 34.2 Å². The molecule has 1 aromatic heterocycles. The van der Waals surface area contributed by atoms with E-state index < -0.39 is 29.6 Å². The van der Waals surface area contributed by atoms with Crippen LogP contribution < -0.4 is 19.3 Å². The lowest BCUT2D eigenvalue weighted by Crippen LogP contribution is -2.39. The first-order valence-electron chi connectivity index (χ1n) is 10.1. The van der Waals surface area contributed by atoms with Crippen molar-refractivity contribution in [3.63, 3.8) is 0 Å². The van der Waals surface area contributed by atoms with Crippen molar-refractivity contribution in [2.24, 2.45) is 5.92 Å². The molecule has 170 valence electrons. The zero-order chi connectivity index (χ0) is 23.5. The van der Waals surface area contributed by atoms with E-state index in [1.165, 1.54) is 30.3 Å². The van der Waals surface area contributed by atoms with Gasteiger partial charge in [-0.2, -0.15) is 0 Å². The van der Waals surface area contributed by atoms with Crippen molar-refractivity contribution in [2.75, 3.05) is 16.9 Å². The molecule has 1 spiro atoms. The lowest BCUT2D eigenvalue weighted by molar-refractivity contribution is -0.274. The molecular formula is C23H18F3N3O4. The maximum atomic E-state index is 13.7. The van der Waals surface area contributed by atoms with Gasteiger partial charge in [0.1, 0.15) is 11.3 Å². The summed E-state index contributed by atoms with van der Waals surface area (Å²) in [5, 5.41) is 0.646. The van der Waals surface area contributed by atoms with Gasteiger partial charge in [0.25, 0.3) is 5.91 Å². The van der Waals surface area contributed by atoms with Gasteiger partial charge in [-0.3, -0.25) is 14.7 Å². The molecule has 2 aliphatic rings. The minimum absolute atomic E-state index is 0.122. The monoisotopic (exact) mass is 457 g/mol. The van der Waals surface area contributed by atoms with Crippen molar-refractivity contribution in [1.82, 2.24) is 4.98 Å². The van der Waals surface area contributed by atoms with Gasteiger partial charge in [0.05, 0.1) is 30.2 Å². The van der Waals surface area contributed by atoms with Crippen LogP contribution in [0.5, 0.6) is 11.5 Å². The molecule has 1 aliphatic carbocycles. The highest BCUT2D eigenvalue weighted by molar-refractivity contribution is 6.33. The first-order valence-corrected chi connectivity index (χ1v) is 10.1. The highest BCUT2D eigenvalue weighted by atomic mass is 19.4. The van der Waals surface area contributed by atoms with E-state index in [4.69, 9.17) is 4.74 Å². The summed E-state index contributed by atoms with van der Waals surface area (Å²) in [6.45, 7) is 1.87. The molecule has 3 amide bonds. The molecule has 1 aliphatic heterocycles. The van der Waals surface area contributed by atoms with Crippen LogP contribution in [-0.4, -0.2) is 35.9 Å². The first-order chi connectivity index (χ1) is 15.7. The summed E-state index contributed by atoms with van der Waals surface area (Å²) in [7, 11) is 1.46. The largest absolute Gasteiger partial charge is 0.573 e. The van der Waals surface area contributed by atoms with Crippen LogP contribution >= 0.6 is 0 Å². The van der Waals surface area contributed by atoms with Gasteiger partial charge < -0.3 is 9.47 Å². The standard InChI is InChI=1S/C23H18F3N3O4/c1-13-11-22(13)20(30)28(14-7-9-15(10-8-14)33-23(24,25)26)21(31)29(22)19-16-5-3-4-6-17(16)27-12-18(19)32-2/h3-10,12-13H,11H2,1-2H3. The van der Waals surface area contributed by atoms with Gasteiger partial charge in [0.2, 0.25) is 0 Å². The fraction of sp³-hybridized carbons (Fsp3) is 0.261. The summed E-state index contributed by atoms with van der Waals surface area (Å²) in [4.78, 5) is 34.0. The Morgan fingerprint density at radius 2 is 1.76 bits per heavy atom. The molecule has 2 fully saturated rings. The van der Waals surface area contributed by atoms with Crippen LogP contribution in [0.3, 0.4) is 0 Å². The molecule has 2 atom stereocenters. The molecule has 2 unspecified atom stereocenters. The summed E-state index contributed by atoms with van der Waals surface area (Å²) in [5.41, 5.74) is 0.113. The quantitative estimate of drug-likeness (QED) is 0.522. The summed E-state index contributed by atoms with van der Waals surface area (Å²) < 4.78 is 46.9. The summed E-state index contributed by atoms with van der Waals surface area (Å²) in [5.74, 6) is -0.668. The summed E-state index contributed by atoms with van der Waals surface area (Å²) >= 11 is 0. The number of nitrogens with zero attached hydrogens (tertiary/aromatic N) is 3. The smallest absolute Gasteiger partial charge is 0.493 e. The average molecular weight is 457 g/mol. The normalized spacial score (nSPS) is 22.4. The minimum atomic E-state index is -4.84. The lowest BCUT2D eigenvalue weighted by Gasteiger charge is -2.25. The number of alkyl halides is 3. The number of ether oxygens (including phenoxy) is 2. The second kappa shape index (κ2) is 7.09. The number of amides is 3. The number of rotatable bonds is 4. The molecule has 0 N–H and O–H groups in total. The number of hydrogen-bond donors (Lipinski definition) is 0. The molecule has 1 saturated carbocycles. The molecule has 10 heteroatoms. The molecular weight excluding hydrogens is 439 g/mol. The van der Waals surface area contributed by atoms with Crippen LogP contribution in [0.15, 0.2) is 54.7 Å². The summed E-state index contributed by atoms with van der Waals surface area (Å²) in [6, 6.07) is 11.2. The molecule has 5 rings (SSSR count). The van der Waals surface area contributed by atoms with E-state index in [1.54, 1.807) is 18.2 Å². The van der Waals surface area contributed by atoms with Gasteiger partial charge in [-0.25, -0.2) is 9.69 Å². The number of para-hydroxylation sites is 1. The van der Waals surface area contributed by atoms with Crippen molar-refractivity contribution in [1.29, 1.82) is 0 Å². The Bertz CT molecular complexity index is 1280. The van der Waals surface area contributed by atoms with Crippen molar-refractivity contribution in [2.45, 2.75) is 25.2 Å². The maximum Gasteiger partial charge on any atom is 0.573 e. The van der Waals surface area contributed by atoms with Gasteiger partial charge in [0.15, 0.2) is 5.75 Å². The fourth-order valence-corrected chi connectivity index (χ4v) is 4.47. The number of aromatic nitrogens is 1. The molecule has 2 aromatic carbocycles. The van der Waals surface area contributed by atoms with Gasteiger partial charge >= 0.3 is 12.4 Å². The van der Waals surface area contributed by atoms with Gasteiger partial charge in [-0.05, 0) is 42.7 Å². The molecule has 2 heterocycles. The van der Waals surface area contributed by atoms with Gasteiger partial charge in [-0.1, -0.05) is 25.1 Å². The first kappa shape index (κ1) is 21.0. The molecule has 3 aromatic rings. The van der Waals surface area contributed by atoms with E-state index in [0.29, 0.717) is 28.8 Å². The van der Waals surface area contributed by atoms with Crippen LogP contribution in [0.2, 0.25) is 0 Å². The zero-order valence-electron chi connectivity index (χ0n) is 17.6. The van der Waals surface area contributed by atoms with E-state index in [9.17, 15) is 22.8 Å². The maximum absolute atomic E-state index is 13.7. The van der Waals surface area contributed by atoms with Crippen molar-refractivity contribution in [3.8, 4) is 11.5 Å². The van der Waals surface area contributed by atoms with Crippen molar-refractivity contribution in [3.05, 3.63) is 54.7 Å². The van der Waals surface area contributed by atoms with Crippen LogP contribution in [-0.2, 0) is 4.79 Å². The highest BCUT2D eigenvalue weighted by Gasteiger charge is 2.71. The predicted molar refractivity (Wildman–Crippen MR) is 113 cm³/mol. The molecule has 33 heavy (non-hydrogen) atoms. The SMILES string of the molecule is COc1cnc2ccccc2c1N1C(=O)N(c2ccc(OC(F)(F)F)cc2)C(=O)C12CC2C. The number of fused-ring (bicyclic) bond motifs is 1. The lowest BCUT2D eigenvalue weighted by atomic mass is 10.1. The van der Waals surface area contributed by atoms with E-state index in [-0.39, 0.29) is 11.6 Å². The average Bonchev–Trinajstić information content (AvgIpc) is 3.39. The number of pyridine rings is 1. The third kappa shape index (κ3) is 3.16. The Labute approximate surface area is 186 Å². The Balaban J connectivity index is 1.61. The Hall–Kier alpha value is -3.82. The highest BCUT2D eigenvalue weighted by Crippen LogP contribution is 2.57. The molecule has 7 nitrogen and oxygen atoms in total. The predicted octanol–water partition coefficient (Wildman–Crippen LogP) is 4.89. The van der Waals surface area contributed by atoms with Crippen LogP contribution in [0.4, 0.5) is 29.3 Å². The van der Waals surface area contributed by atoms with Crippen LogP contribution in [0.1, 0.15) is 13.3 Å². The van der Waals surface area contributed by atoms with E-state index in [0.717, 1.165) is 17.0 Å². The Morgan fingerprint density at radius 3 is 2.36 bits per heavy atom. The van der Waals surface area contributed by atoms with E-state index in [2.05, 4.69) is 9.72 Å². The minimum Gasteiger partial charge on any atom is -0.493 e. The number of imide groups is 1. The second-order valence-corrected chi connectivity index (χ2v) is 8.02. The molecule has 1 saturated heterocycles. The van der Waals surface area contributed by atoms with Gasteiger partial charge in [0, 0.05) is 5.39 Å². The van der Waals surface area contributed by atoms with Crippen molar-refractivity contribution < 1.29 is 32.2 Å². The number of carbonyl (C=O) groups excluding carboxylic acids is 2. The number of urea groups is 1. The van der Waals surface area contributed by atoms with Gasteiger partial charge in [-0.15, -0.1) is 13.2 Å². The number of hydrogen-bond acceptors (Lipinski definition) is 5. The number of benzene rings is 2. The molecule has 0 bridgehead atoms. The fourth-order valence-electron chi connectivity index (χ4n) is 4.47. The zero-order valence-corrected chi connectivity index (χ0v) is 17.6. The number of anilines is 2. The van der Waals surface area contributed by atoms with Crippen LogP contribution in [0.25, 0.3) is 10.9 Å². The Kier molecular flexibility index (Phi) is 4.52. The number of halogens is 3. The third-order valence-electron chi connectivity index (χ3n) is 6.11.